The maximum absolute atomic E-state index is 12.2. The van der Waals surface area contributed by atoms with E-state index in [2.05, 4.69) is 46.9 Å². The molecule has 1 atom stereocenters. The van der Waals surface area contributed by atoms with Crippen LogP contribution in [0.3, 0.4) is 0 Å². The number of rotatable bonds is 4. The fourth-order valence-corrected chi connectivity index (χ4v) is 3.32. The lowest BCUT2D eigenvalue weighted by Crippen LogP contribution is -2.33. The maximum atomic E-state index is 12.2. The zero-order chi connectivity index (χ0) is 25.5. The molecule has 0 saturated carbocycles. The SMILES string of the molecule is [2H]c1c(Br)c(Oc2c[nH]c(=O)c(C(C)C([2H])([2H])[2H])n2)c(Br)c([2H])c1-n1nc(C#N)c(=O)[nH]c1=O. The summed E-state index contributed by atoms with van der Waals surface area (Å²) < 4.78 is 45.3. The van der Waals surface area contributed by atoms with Gasteiger partial charge in [-0.15, -0.1) is 5.10 Å². The van der Waals surface area contributed by atoms with Crippen LogP contribution in [0, 0.1) is 11.3 Å². The van der Waals surface area contributed by atoms with Gasteiger partial charge in [-0.05, 0) is 43.9 Å². The number of hydrogen-bond acceptors (Lipinski definition) is 7. The van der Waals surface area contributed by atoms with Gasteiger partial charge < -0.3 is 9.72 Å². The molecule has 2 aromatic heterocycles. The molecule has 3 aromatic rings. The Morgan fingerprint density at radius 3 is 2.62 bits per heavy atom. The molecule has 3 rings (SSSR count). The van der Waals surface area contributed by atoms with Crippen molar-refractivity contribution in [3.05, 3.63) is 69.8 Å². The van der Waals surface area contributed by atoms with Crippen molar-refractivity contribution >= 4 is 31.9 Å². The van der Waals surface area contributed by atoms with Crippen molar-refractivity contribution in [3.8, 4) is 23.4 Å². The molecule has 0 saturated heterocycles. The van der Waals surface area contributed by atoms with E-state index in [0.29, 0.717) is 4.68 Å². The second kappa shape index (κ2) is 8.14. The molecule has 1 aromatic carbocycles. The second-order valence-corrected chi connectivity index (χ2v) is 7.05. The number of nitrogens with one attached hydrogen (secondary N) is 2. The van der Waals surface area contributed by atoms with Crippen LogP contribution in [-0.2, 0) is 0 Å². The second-order valence-electron chi connectivity index (χ2n) is 5.46. The van der Waals surface area contributed by atoms with Crippen molar-refractivity contribution in [3.63, 3.8) is 0 Å². The number of H-pyrrole nitrogens is 2. The van der Waals surface area contributed by atoms with E-state index in [4.69, 9.17) is 16.9 Å². The Labute approximate surface area is 186 Å². The van der Waals surface area contributed by atoms with Crippen LogP contribution in [0.4, 0.5) is 0 Å². The first-order valence-electron chi connectivity index (χ1n) is 10.2. The summed E-state index contributed by atoms with van der Waals surface area (Å²) in [4.78, 5) is 44.1. The summed E-state index contributed by atoms with van der Waals surface area (Å²) >= 11 is 6.29. The molecular weight excluding hydrogens is 512 g/mol. The number of ether oxygens (including phenoxy) is 1. The van der Waals surface area contributed by atoms with Gasteiger partial charge in [-0.2, -0.15) is 9.94 Å². The third-order valence-electron chi connectivity index (χ3n) is 3.41. The first kappa shape index (κ1) is 14.9. The average Bonchev–Trinajstić information content (AvgIpc) is 2.76. The minimum absolute atomic E-state index is 0.0813. The predicted octanol–water partition coefficient (Wildman–Crippen LogP) is 2.32. The van der Waals surface area contributed by atoms with E-state index in [-0.39, 0.29) is 32.0 Å². The molecule has 0 aliphatic carbocycles. The van der Waals surface area contributed by atoms with Crippen molar-refractivity contribution < 1.29 is 11.6 Å². The van der Waals surface area contributed by atoms with E-state index >= 15 is 0 Å². The summed E-state index contributed by atoms with van der Waals surface area (Å²) in [5.41, 5.74) is -4.15. The molecule has 0 radical (unpaired) electrons. The van der Waals surface area contributed by atoms with Crippen LogP contribution < -0.4 is 21.5 Å². The quantitative estimate of drug-likeness (QED) is 0.528. The third-order valence-corrected chi connectivity index (χ3v) is 4.52. The molecule has 0 spiro atoms. The Morgan fingerprint density at radius 2 is 2.00 bits per heavy atom. The Morgan fingerprint density at radius 1 is 1.31 bits per heavy atom. The van der Waals surface area contributed by atoms with Crippen molar-refractivity contribution in [2.75, 3.05) is 0 Å². The molecule has 1 unspecified atom stereocenters. The number of hydrogen-bond donors (Lipinski definition) is 2. The van der Waals surface area contributed by atoms with Crippen LogP contribution in [0.1, 0.15) is 37.9 Å². The third kappa shape index (κ3) is 4.20. The lowest BCUT2D eigenvalue weighted by atomic mass is 10.1. The molecule has 0 aliphatic heterocycles. The number of benzene rings is 1. The molecule has 2 N–H and O–H groups in total. The minimum atomic E-state index is -2.50. The monoisotopic (exact) mass is 527 g/mol. The number of halogens is 2. The molecule has 0 aliphatic rings. The Hall–Kier alpha value is -3.04. The highest BCUT2D eigenvalue weighted by molar-refractivity contribution is 9.11. The zero-order valence-electron chi connectivity index (χ0n) is 19.3. The van der Waals surface area contributed by atoms with Gasteiger partial charge in [-0.1, -0.05) is 13.8 Å². The van der Waals surface area contributed by atoms with Crippen molar-refractivity contribution in [1.82, 2.24) is 24.7 Å². The normalized spacial score (nSPS) is 14.6. The predicted molar refractivity (Wildman–Crippen MR) is 110 cm³/mol. The van der Waals surface area contributed by atoms with Crippen LogP contribution in [0.2, 0.25) is 0 Å². The van der Waals surface area contributed by atoms with Gasteiger partial charge in [0.2, 0.25) is 11.6 Å². The Balaban J connectivity index is 2.17. The summed E-state index contributed by atoms with van der Waals surface area (Å²) in [6.45, 7) is -1.19. The van der Waals surface area contributed by atoms with Crippen LogP contribution in [0.15, 0.2) is 41.6 Å². The Bertz CT molecular complexity index is 1500. The first-order valence-corrected chi connectivity index (χ1v) is 9.26. The zero-order valence-corrected chi connectivity index (χ0v) is 17.5. The molecule has 10 nitrogen and oxygen atoms in total. The molecule has 12 heteroatoms. The Kier molecular flexibility index (Phi) is 4.18. The van der Waals surface area contributed by atoms with Gasteiger partial charge in [0.25, 0.3) is 11.1 Å². The summed E-state index contributed by atoms with van der Waals surface area (Å²) in [5, 5.41) is 12.6. The number of nitriles is 1. The standard InChI is InChI=1S/C17H12Br2N6O4/c1-7(2)13-16(27)21-6-12(22-13)29-14-9(18)3-8(4-10(14)19)25-17(28)23-15(26)11(5-20)24-25/h3-4,6-7H,1-2H3,(H,21,27)(H,23,26,28)/i1D3,3D,4D. The van der Waals surface area contributed by atoms with Crippen molar-refractivity contribution in [2.24, 2.45) is 0 Å². The van der Waals surface area contributed by atoms with Crippen molar-refractivity contribution in [2.45, 2.75) is 19.7 Å². The molecule has 148 valence electrons. The van der Waals surface area contributed by atoms with Crippen LogP contribution in [0.25, 0.3) is 5.69 Å². The van der Waals surface area contributed by atoms with E-state index in [1.807, 2.05) is 4.98 Å². The van der Waals surface area contributed by atoms with Crippen LogP contribution in [-0.4, -0.2) is 24.7 Å². The van der Waals surface area contributed by atoms with Gasteiger partial charge in [-0.3, -0.25) is 14.6 Å². The van der Waals surface area contributed by atoms with Crippen LogP contribution >= 0.6 is 31.9 Å². The lowest BCUT2D eigenvalue weighted by molar-refractivity contribution is 0.449. The average molecular weight is 529 g/mol. The van der Waals surface area contributed by atoms with E-state index < -0.39 is 47.4 Å². The molecule has 29 heavy (non-hydrogen) atoms. The van der Waals surface area contributed by atoms with Gasteiger partial charge in [0.05, 0.1) is 23.6 Å². The van der Waals surface area contributed by atoms with Gasteiger partial charge in [-0.25, -0.2) is 9.78 Å². The largest absolute Gasteiger partial charge is 0.435 e. The highest BCUT2D eigenvalue weighted by Crippen LogP contribution is 2.37. The van der Waals surface area contributed by atoms with Gasteiger partial charge >= 0.3 is 5.69 Å². The summed E-state index contributed by atoms with van der Waals surface area (Å²) in [6, 6.07) is 0.584. The van der Waals surface area contributed by atoms with E-state index in [9.17, 15) is 14.4 Å². The molecule has 2 heterocycles. The van der Waals surface area contributed by atoms with E-state index in [1.165, 1.54) is 13.0 Å². The minimum Gasteiger partial charge on any atom is -0.435 e. The molecular formula is C17H12Br2N6O4. The summed E-state index contributed by atoms with van der Waals surface area (Å²) in [6.07, 6.45) is 1.07. The van der Waals surface area contributed by atoms with E-state index in [1.54, 1.807) is 0 Å². The molecule has 0 amide bonds. The molecule has 0 fully saturated rings. The molecule has 0 bridgehead atoms. The fraction of sp³-hybridized carbons (Fsp3) is 0.176. The number of aromatic amines is 2. The summed E-state index contributed by atoms with van der Waals surface area (Å²) in [7, 11) is 0. The maximum Gasteiger partial charge on any atom is 0.349 e. The smallest absolute Gasteiger partial charge is 0.349 e. The highest BCUT2D eigenvalue weighted by atomic mass is 79.9. The number of aromatic nitrogens is 5. The van der Waals surface area contributed by atoms with Crippen LogP contribution in [0.5, 0.6) is 11.6 Å². The summed E-state index contributed by atoms with van der Waals surface area (Å²) in [5.74, 6) is -1.59. The van der Waals surface area contributed by atoms with Gasteiger partial charge in [0.15, 0.2) is 5.75 Å². The van der Waals surface area contributed by atoms with Crippen molar-refractivity contribution in [1.29, 1.82) is 5.26 Å². The van der Waals surface area contributed by atoms with Gasteiger partial charge in [0, 0.05) is 10.0 Å². The fourth-order valence-electron chi connectivity index (χ4n) is 2.12. The first-order chi connectivity index (χ1) is 15.8. The van der Waals surface area contributed by atoms with Gasteiger partial charge in [0.1, 0.15) is 11.8 Å². The van der Waals surface area contributed by atoms with E-state index in [0.717, 1.165) is 6.20 Å². The lowest BCUT2D eigenvalue weighted by Gasteiger charge is -2.13. The topological polar surface area (TPSA) is 147 Å². The number of nitrogens with zero attached hydrogens (tertiary/aromatic N) is 4. The highest BCUT2D eigenvalue weighted by Gasteiger charge is 2.16.